The minimum atomic E-state index is 0.447. The summed E-state index contributed by atoms with van der Waals surface area (Å²) in [6.07, 6.45) is 1.86. The summed E-state index contributed by atoms with van der Waals surface area (Å²) in [6, 6.07) is 8.90. The Morgan fingerprint density at radius 1 is 1.18 bits per heavy atom. The molecule has 0 fully saturated rings. The van der Waals surface area contributed by atoms with Crippen molar-refractivity contribution in [2.45, 2.75) is 19.9 Å². The van der Waals surface area contributed by atoms with Crippen molar-refractivity contribution in [3.8, 4) is 0 Å². The molecular formula is C14H19N3. The highest BCUT2D eigenvalue weighted by Crippen LogP contribution is 2.25. The zero-order chi connectivity index (χ0) is 12.4. The maximum atomic E-state index is 4.40. The van der Waals surface area contributed by atoms with Gasteiger partial charge in [0.1, 0.15) is 5.82 Å². The summed E-state index contributed by atoms with van der Waals surface area (Å²) in [4.78, 5) is 6.44. The van der Waals surface area contributed by atoms with Gasteiger partial charge in [-0.3, -0.25) is 0 Å². The third-order valence-electron chi connectivity index (χ3n) is 2.62. The van der Waals surface area contributed by atoms with E-state index in [0.29, 0.717) is 6.04 Å². The maximum absolute atomic E-state index is 4.40. The smallest absolute Gasteiger partial charge is 0.135 e. The number of aromatic nitrogens is 1. The van der Waals surface area contributed by atoms with Crippen LogP contribution in [0.2, 0.25) is 0 Å². The van der Waals surface area contributed by atoms with Crippen LogP contribution in [0.1, 0.15) is 13.8 Å². The molecule has 2 rings (SSSR count). The summed E-state index contributed by atoms with van der Waals surface area (Å²) in [7, 11) is 4.03. The standard InChI is InChI=1S/C14H19N3/c1-10(2)16-12-5-6-13-11(9-12)7-8-15-14(13)17(3)4/h5-10,16H,1-4H3. The first-order valence-electron chi connectivity index (χ1n) is 5.90. The first-order chi connectivity index (χ1) is 8.08. The predicted molar refractivity (Wildman–Crippen MR) is 74.8 cm³/mol. The largest absolute Gasteiger partial charge is 0.383 e. The lowest BCUT2D eigenvalue weighted by Crippen LogP contribution is -2.11. The second-order valence-electron chi connectivity index (χ2n) is 4.76. The van der Waals surface area contributed by atoms with Crippen LogP contribution in [0.5, 0.6) is 0 Å². The Morgan fingerprint density at radius 3 is 2.59 bits per heavy atom. The number of rotatable bonds is 3. The summed E-state index contributed by atoms with van der Waals surface area (Å²) >= 11 is 0. The van der Waals surface area contributed by atoms with E-state index in [0.717, 1.165) is 11.5 Å². The molecule has 0 aliphatic carbocycles. The summed E-state index contributed by atoms with van der Waals surface area (Å²) < 4.78 is 0. The monoisotopic (exact) mass is 229 g/mol. The van der Waals surface area contributed by atoms with E-state index in [1.54, 1.807) is 0 Å². The fourth-order valence-electron chi connectivity index (χ4n) is 1.94. The SMILES string of the molecule is CC(C)Nc1ccc2c(N(C)C)nccc2c1. The van der Waals surface area contributed by atoms with Gasteiger partial charge in [-0.1, -0.05) is 0 Å². The second-order valence-corrected chi connectivity index (χ2v) is 4.76. The summed E-state index contributed by atoms with van der Waals surface area (Å²) in [5.74, 6) is 1.01. The van der Waals surface area contributed by atoms with Gasteiger partial charge in [0.2, 0.25) is 0 Å². The van der Waals surface area contributed by atoms with Gasteiger partial charge in [-0.25, -0.2) is 4.98 Å². The Bertz CT molecular complexity index is 518. The number of hydrogen-bond donors (Lipinski definition) is 1. The van der Waals surface area contributed by atoms with Crippen LogP contribution in [-0.4, -0.2) is 25.1 Å². The number of nitrogens with zero attached hydrogens (tertiary/aromatic N) is 2. The molecule has 1 aromatic heterocycles. The molecule has 0 atom stereocenters. The Hall–Kier alpha value is -1.77. The number of hydrogen-bond acceptors (Lipinski definition) is 3. The van der Waals surface area contributed by atoms with Crippen molar-refractivity contribution in [2.24, 2.45) is 0 Å². The quantitative estimate of drug-likeness (QED) is 0.876. The van der Waals surface area contributed by atoms with Crippen molar-refractivity contribution in [3.63, 3.8) is 0 Å². The third-order valence-corrected chi connectivity index (χ3v) is 2.62. The van der Waals surface area contributed by atoms with Crippen molar-refractivity contribution in [2.75, 3.05) is 24.3 Å². The lowest BCUT2D eigenvalue weighted by molar-refractivity contribution is 0.900. The summed E-state index contributed by atoms with van der Waals surface area (Å²) in [6.45, 7) is 4.28. The molecule has 2 aromatic rings. The van der Waals surface area contributed by atoms with E-state index < -0.39 is 0 Å². The Labute approximate surface area is 102 Å². The Kier molecular flexibility index (Phi) is 3.18. The van der Waals surface area contributed by atoms with Crippen LogP contribution in [0.25, 0.3) is 10.8 Å². The van der Waals surface area contributed by atoms with E-state index in [-0.39, 0.29) is 0 Å². The molecule has 1 N–H and O–H groups in total. The van der Waals surface area contributed by atoms with Crippen LogP contribution in [0, 0.1) is 0 Å². The molecule has 0 aliphatic rings. The van der Waals surface area contributed by atoms with Gasteiger partial charge in [0.25, 0.3) is 0 Å². The van der Waals surface area contributed by atoms with Gasteiger partial charge < -0.3 is 10.2 Å². The average Bonchev–Trinajstić information content (AvgIpc) is 2.26. The van der Waals surface area contributed by atoms with E-state index in [4.69, 9.17) is 0 Å². The van der Waals surface area contributed by atoms with Gasteiger partial charge in [0, 0.05) is 37.4 Å². The van der Waals surface area contributed by atoms with Crippen LogP contribution in [-0.2, 0) is 0 Å². The molecule has 17 heavy (non-hydrogen) atoms. The molecule has 0 bridgehead atoms. The molecule has 0 spiro atoms. The minimum absolute atomic E-state index is 0.447. The third kappa shape index (κ3) is 2.49. The molecular weight excluding hydrogens is 210 g/mol. The fourth-order valence-corrected chi connectivity index (χ4v) is 1.94. The van der Waals surface area contributed by atoms with Gasteiger partial charge in [0.05, 0.1) is 0 Å². The van der Waals surface area contributed by atoms with E-state index in [1.807, 2.05) is 31.3 Å². The number of pyridine rings is 1. The number of anilines is 2. The van der Waals surface area contributed by atoms with Crippen molar-refractivity contribution in [3.05, 3.63) is 30.5 Å². The van der Waals surface area contributed by atoms with Crippen LogP contribution >= 0.6 is 0 Å². The topological polar surface area (TPSA) is 28.2 Å². The molecule has 0 saturated heterocycles. The highest BCUT2D eigenvalue weighted by atomic mass is 15.1. The molecule has 0 unspecified atom stereocenters. The van der Waals surface area contributed by atoms with Gasteiger partial charge in [-0.2, -0.15) is 0 Å². The van der Waals surface area contributed by atoms with Crippen molar-refractivity contribution >= 4 is 22.3 Å². The lowest BCUT2D eigenvalue weighted by Gasteiger charge is -2.15. The van der Waals surface area contributed by atoms with Crippen LogP contribution in [0.3, 0.4) is 0 Å². The fraction of sp³-hybridized carbons (Fsp3) is 0.357. The molecule has 0 aliphatic heterocycles. The molecule has 0 amide bonds. The first kappa shape index (κ1) is 11.7. The van der Waals surface area contributed by atoms with Crippen LogP contribution < -0.4 is 10.2 Å². The number of fused-ring (bicyclic) bond motifs is 1. The maximum Gasteiger partial charge on any atom is 0.135 e. The zero-order valence-electron chi connectivity index (χ0n) is 10.9. The molecule has 1 heterocycles. The van der Waals surface area contributed by atoms with Gasteiger partial charge in [0.15, 0.2) is 0 Å². The molecule has 3 heteroatoms. The average molecular weight is 229 g/mol. The molecule has 1 aromatic carbocycles. The van der Waals surface area contributed by atoms with E-state index in [2.05, 4.69) is 42.3 Å². The van der Waals surface area contributed by atoms with Crippen LogP contribution in [0.4, 0.5) is 11.5 Å². The highest BCUT2D eigenvalue weighted by molar-refractivity contribution is 5.94. The normalized spacial score (nSPS) is 10.9. The van der Waals surface area contributed by atoms with Crippen molar-refractivity contribution in [1.29, 1.82) is 0 Å². The lowest BCUT2D eigenvalue weighted by atomic mass is 10.1. The molecule has 0 radical (unpaired) electrons. The predicted octanol–water partition coefficient (Wildman–Crippen LogP) is 3.12. The van der Waals surface area contributed by atoms with Crippen molar-refractivity contribution in [1.82, 2.24) is 4.98 Å². The minimum Gasteiger partial charge on any atom is -0.383 e. The van der Waals surface area contributed by atoms with Gasteiger partial charge in [-0.15, -0.1) is 0 Å². The number of benzene rings is 1. The van der Waals surface area contributed by atoms with Gasteiger partial charge >= 0.3 is 0 Å². The summed E-state index contributed by atoms with van der Waals surface area (Å²) in [5, 5.41) is 5.82. The van der Waals surface area contributed by atoms with Gasteiger partial charge in [-0.05, 0) is 43.5 Å². The molecule has 90 valence electrons. The second kappa shape index (κ2) is 4.62. The Morgan fingerprint density at radius 2 is 1.94 bits per heavy atom. The Balaban J connectivity index is 2.49. The highest BCUT2D eigenvalue weighted by Gasteiger charge is 2.05. The number of nitrogens with one attached hydrogen (secondary N) is 1. The van der Waals surface area contributed by atoms with Crippen molar-refractivity contribution < 1.29 is 0 Å². The van der Waals surface area contributed by atoms with Crippen LogP contribution in [0.15, 0.2) is 30.5 Å². The molecule has 3 nitrogen and oxygen atoms in total. The van der Waals surface area contributed by atoms with E-state index >= 15 is 0 Å². The van der Waals surface area contributed by atoms with E-state index in [9.17, 15) is 0 Å². The zero-order valence-corrected chi connectivity index (χ0v) is 10.9. The van der Waals surface area contributed by atoms with E-state index in [1.165, 1.54) is 10.8 Å². The molecule has 0 saturated carbocycles. The summed E-state index contributed by atoms with van der Waals surface area (Å²) in [5.41, 5.74) is 1.16. The first-order valence-corrected chi connectivity index (χ1v) is 5.90.